The van der Waals surface area contributed by atoms with Crippen LogP contribution in [-0.4, -0.2) is 50.2 Å². The van der Waals surface area contributed by atoms with Crippen LogP contribution in [0.25, 0.3) is 0 Å². The molecule has 0 aromatic rings. The van der Waals surface area contributed by atoms with Gasteiger partial charge in [0.05, 0.1) is 22.9 Å². The lowest BCUT2D eigenvalue weighted by Gasteiger charge is -2.51. The fourth-order valence-corrected chi connectivity index (χ4v) is 7.44. The molecular formula is C20H24O8. The molecule has 1 spiro atoms. The molecule has 4 aliphatic carbocycles. The zero-order chi connectivity index (χ0) is 20.8. The first kappa shape index (κ1) is 19.1. The second kappa shape index (κ2) is 5.43. The molecule has 4 saturated carbocycles. The van der Waals surface area contributed by atoms with Crippen LogP contribution in [-0.2, 0) is 19.2 Å². The standard InChI is InChI=1S/C20H24O8/c1-8-6-19-7-9(8)10(21)5-11(19)20(17(27)28)4-3-12(22)18(2,16(25)26)14(20)13(19)15(23)24/h9,11-14,22H,1,3-7H2,2H3,(H,23,24)(H,25,26)(H,27,28). The topological polar surface area (TPSA) is 149 Å². The highest BCUT2D eigenvalue weighted by Gasteiger charge is 2.81. The Hall–Kier alpha value is -2.22. The van der Waals surface area contributed by atoms with Gasteiger partial charge >= 0.3 is 17.9 Å². The van der Waals surface area contributed by atoms with Crippen molar-refractivity contribution in [3.05, 3.63) is 12.2 Å². The molecule has 4 rings (SSSR count). The van der Waals surface area contributed by atoms with Crippen molar-refractivity contribution in [2.45, 2.75) is 45.1 Å². The van der Waals surface area contributed by atoms with E-state index < -0.39 is 63.9 Å². The zero-order valence-electron chi connectivity index (χ0n) is 15.6. The molecule has 8 nitrogen and oxygen atoms in total. The predicted octanol–water partition coefficient (Wildman–Crippen LogP) is 1.18. The molecule has 8 atom stereocenters. The number of carbonyl (C=O) groups is 4. The molecule has 2 bridgehead atoms. The second-order valence-electron chi connectivity index (χ2n) is 9.33. The molecule has 8 unspecified atom stereocenters. The fraction of sp³-hybridized carbons (Fsp3) is 0.700. The molecule has 8 heteroatoms. The normalized spacial score (nSPS) is 49.4. The van der Waals surface area contributed by atoms with Gasteiger partial charge in [-0.3, -0.25) is 19.2 Å². The monoisotopic (exact) mass is 392 g/mol. The van der Waals surface area contributed by atoms with Gasteiger partial charge in [0.1, 0.15) is 5.78 Å². The first-order valence-corrected chi connectivity index (χ1v) is 9.52. The van der Waals surface area contributed by atoms with Crippen molar-refractivity contribution in [3.8, 4) is 0 Å². The van der Waals surface area contributed by atoms with Crippen LogP contribution in [0.15, 0.2) is 12.2 Å². The summed E-state index contributed by atoms with van der Waals surface area (Å²) >= 11 is 0. The van der Waals surface area contributed by atoms with Crippen LogP contribution in [0.4, 0.5) is 0 Å². The van der Waals surface area contributed by atoms with Gasteiger partial charge in [-0.25, -0.2) is 0 Å². The first-order chi connectivity index (χ1) is 12.9. The van der Waals surface area contributed by atoms with Crippen LogP contribution < -0.4 is 0 Å². The predicted molar refractivity (Wildman–Crippen MR) is 93.1 cm³/mol. The Morgan fingerprint density at radius 3 is 2.32 bits per heavy atom. The minimum Gasteiger partial charge on any atom is -0.481 e. The SMILES string of the molecule is C=C1CC23CC1C(=O)CC2C1(C(=O)O)CCC(O)C(C)(C(=O)O)C1C3C(=O)O. The number of carboxylic acid groups (broad SMARTS) is 3. The summed E-state index contributed by atoms with van der Waals surface area (Å²) in [6.45, 7) is 5.20. The molecular weight excluding hydrogens is 368 g/mol. The van der Waals surface area contributed by atoms with E-state index in [9.17, 15) is 39.6 Å². The zero-order valence-corrected chi connectivity index (χ0v) is 15.6. The van der Waals surface area contributed by atoms with Crippen LogP contribution >= 0.6 is 0 Å². The van der Waals surface area contributed by atoms with Gasteiger partial charge in [-0.2, -0.15) is 0 Å². The summed E-state index contributed by atoms with van der Waals surface area (Å²) in [6.07, 6.45) is -1.15. The number of carbonyl (C=O) groups excluding carboxylic acids is 1. The number of aliphatic hydroxyl groups excluding tert-OH is 1. The van der Waals surface area contributed by atoms with Crippen molar-refractivity contribution >= 4 is 23.7 Å². The lowest BCUT2D eigenvalue weighted by atomic mass is 9.51. The summed E-state index contributed by atoms with van der Waals surface area (Å²) in [5, 5.41) is 41.1. The van der Waals surface area contributed by atoms with Crippen LogP contribution in [0.2, 0.25) is 0 Å². The fourth-order valence-electron chi connectivity index (χ4n) is 7.44. The number of rotatable bonds is 3. The lowest BCUT2D eigenvalue weighted by Crippen LogP contribution is -2.60. The van der Waals surface area contributed by atoms with Gasteiger partial charge in [0.25, 0.3) is 0 Å². The van der Waals surface area contributed by atoms with Crippen LogP contribution in [0.3, 0.4) is 0 Å². The maximum Gasteiger partial charge on any atom is 0.312 e. The number of fused-ring (bicyclic) bond motifs is 3. The molecule has 0 amide bonds. The maximum atomic E-state index is 12.7. The molecule has 0 saturated heterocycles. The third-order valence-corrected chi connectivity index (χ3v) is 8.55. The molecule has 152 valence electrons. The van der Waals surface area contributed by atoms with Gasteiger partial charge in [0.2, 0.25) is 0 Å². The summed E-state index contributed by atoms with van der Waals surface area (Å²) in [7, 11) is 0. The highest BCUT2D eigenvalue weighted by Crippen LogP contribution is 2.77. The second-order valence-corrected chi connectivity index (χ2v) is 9.33. The number of allylic oxidation sites excluding steroid dienone is 1. The largest absolute Gasteiger partial charge is 0.481 e. The number of Topliss-reactive ketones (excluding diaryl/α,β-unsaturated/α-hetero) is 1. The number of aliphatic carboxylic acids is 3. The van der Waals surface area contributed by atoms with E-state index in [4.69, 9.17) is 0 Å². The Morgan fingerprint density at radius 2 is 1.79 bits per heavy atom. The van der Waals surface area contributed by atoms with Crippen LogP contribution in [0.5, 0.6) is 0 Å². The third kappa shape index (κ3) is 1.85. The Kier molecular flexibility index (Phi) is 3.71. The average Bonchev–Trinajstić information content (AvgIpc) is 3.03. The van der Waals surface area contributed by atoms with Gasteiger partial charge in [-0.05, 0) is 43.9 Å². The Morgan fingerprint density at radius 1 is 1.14 bits per heavy atom. The van der Waals surface area contributed by atoms with Crippen molar-refractivity contribution in [1.29, 1.82) is 0 Å². The van der Waals surface area contributed by atoms with E-state index in [2.05, 4.69) is 6.58 Å². The number of aliphatic hydroxyl groups is 1. The average molecular weight is 392 g/mol. The molecule has 4 fully saturated rings. The minimum absolute atomic E-state index is 0.0440. The van der Waals surface area contributed by atoms with E-state index in [-0.39, 0.29) is 37.9 Å². The minimum atomic E-state index is -1.94. The maximum absolute atomic E-state index is 12.7. The van der Waals surface area contributed by atoms with Crippen molar-refractivity contribution in [1.82, 2.24) is 0 Å². The summed E-state index contributed by atoms with van der Waals surface area (Å²) in [6, 6.07) is 0. The molecule has 0 aliphatic heterocycles. The van der Waals surface area contributed by atoms with Crippen molar-refractivity contribution < 1.29 is 39.6 Å². The Bertz CT molecular complexity index is 832. The van der Waals surface area contributed by atoms with E-state index >= 15 is 0 Å². The molecule has 4 N–H and O–H groups in total. The van der Waals surface area contributed by atoms with E-state index in [1.54, 1.807) is 0 Å². The summed E-state index contributed by atoms with van der Waals surface area (Å²) < 4.78 is 0. The lowest BCUT2D eigenvalue weighted by molar-refractivity contribution is -0.191. The highest BCUT2D eigenvalue weighted by atomic mass is 16.4. The Balaban J connectivity index is 2.04. The highest BCUT2D eigenvalue weighted by molar-refractivity contribution is 5.91. The number of hydrogen-bond donors (Lipinski definition) is 4. The van der Waals surface area contributed by atoms with Gasteiger partial charge < -0.3 is 20.4 Å². The summed E-state index contributed by atoms with van der Waals surface area (Å²) in [4.78, 5) is 50.1. The molecule has 0 heterocycles. The summed E-state index contributed by atoms with van der Waals surface area (Å²) in [5.74, 6) is -7.95. The quantitative estimate of drug-likeness (QED) is 0.523. The number of carboxylic acids is 3. The third-order valence-electron chi connectivity index (χ3n) is 8.55. The van der Waals surface area contributed by atoms with Crippen LogP contribution in [0.1, 0.15) is 39.0 Å². The van der Waals surface area contributed by atoms with Gasteiger partial charge in [-0.1, -0.05) is 12.2 Å². The van der Waals surface area contributed by atoms with E-state index in [1.807, 2.05) is 0 Å². The van der Waals surface area contributed by atoms with Crippen molar-refractivity contribution in [2.24, 2.45) is 39.9 Å². The molecule has 4 aliphatic rings. The molecule has 28 heavy (non-hydrogen) atoms. The first-order valence-electron chi connectivity index (χ1n) is 9.52. The Labute approximate surface area is 161 Å². The van der Waals surface area contributed by atoms with Gasteiger partial charge in [0, 0.05) is 18.3 Å². The van der Waals surface area contributed by atoms with Crippen LogP contribution in [0, 0.1) is 39.9 Å². The molecule has 0 aromatic heterocycles. The number of hydrogen-bond acceptors (Lipinski definition) is 5. The van der Waals surface area contributed by atoms with Crippen molar-refractivity contribution in [2.75, 3.05) is 0 Å². The molecule has 0 aromatic carbocycles. The van der Waals surface area contributed by atoms with E-state index in [0.717, 1.165) is 0 Å². The smallest absolute Gasteiger partial charge is 0.312 e. The van der Waals surface area contributed by atoms with Gasteiger partial charge in [-0.15, -0.1) is 0 Å². The molecule has 0 radical (unpaired) electrons. The van der Waals surface area contributed by atoms with E-state index in [1.165, 1.54) is 6.92 Å². The number of ketones is 1. The van der Waals surface area contributed by atoms with Crippen molar-refractivity contribution in [3.63, 3.8) is 0 Å². The van der Waals surface area contributed by atoms with Gasteiger partial charge in [0.15, 0.2) is 0 Å². The van der Waals surface area contributed by atoms with E-state index in [0.29, 0.717) is 5.57 Å². The summed E-state index contributed by atoms with van der Waals surface area (Å²) in [5.41, 5.74) is -4.03.